The number of allylic oxidation sites excluding steroid dienone is 4. The fourth-order valence-electron chi connectivity index (χ4n) is 4.75. The van der Waals surface area contributed by atoms with E-state index in [1.54, 1.807) is 11.1 Å². The maximum absolute atomic E-state index is 9.00. The van der Waals surface area contributed by atoms with Gasteiger partial charge in [0, 0.05) is 6.42 Å². The van der Waals surface area contributed by atoms with E-state index < -0.39 is 6.29 Å². The number of rotatable bonds is 7. The van der Waals surface area contributed by atoms with Gasteiger partial charge in [-0.3, -0.25) is 0 Å². The van der Waals surface area contributed by atoms with Crippen LogP contribution in [0.3, 0.4) is 0 Å². The van der Waals surface area contributed by atoms with Gasteiger partial charge in [-0.15, -0.1) is 0 Å². The van der Waals surface area contributed by atoms with Crippen LogP contribution < -0.4 is 0 Å². The summed E-state index contributed by atoms with van der Waals surface area (Å²) in [6, 6.07) is 0. The maximum atomic E-state index is 9.00. The second-order valence-electron chi connectivity index (χ2n) is 8.77. The fourth-order valence-corrected chi connectivity index (χ4v) is 4.75. The molecular weight excluding hydrogens is 284 g/mol. The summed E-state index contributed by atoms with van der Waals surface area (Å²) in [5.41, 5.74) is 3.85. The van der Waals surface area contributed by atoms with E-state index in [1.807, 2.05) is 6.92 Å². The Morgan fingerprint density at radius 1 is 1.26 bits per heavy atom. The van der Waals surface area contributed by atoms with Gasteiger partial charge < -0.3 is 10.2 Å². The molecule has 4 atom stereocenters. The van der Waals surface area contributed by atoms with Crippen molar-refractivity contribution >= 4 is 0 Å². The third-order valence-corrected chi connectivity index (χ3v) is 6.04. The van der Waals surface area contributed by atoms with Gasteiger partial charge in [0.05, 0.1) is 0 Å². The minimum Gasteiger partial charge on any atom is -0.368 e. The molecule has 0 aromatic carbocycles. The molecule has 2 aliphatic rings. The van der Waals surface area contributed by atoms with Crippen molar-refractivity contribution < 1.29 is 10.2 Å². The van der Waals surface area contributed by atoms with Crippen molar-refractivity contribution in [2.45, 2.75) is 79.4 Å². The molecule has 2 nitrogen and oxygen atoms in total. The van der Waals surface area contributed by atoms with Gasteiger partial charge in [-0.25, -0.2) is 0 Å². The summed E-state index contributed by atoms with van der Waals surface area (Å²) < 4.78 is 0. The van der Waals surface area contributed by atoms with Crippen LogP contribution in [0.15, 0.2) is 23.3 Å². The second kappa shape index (κ2) is 7.53. The Bertz CT molecular complexity index is 458. The lowest BCUT2D eigenvalue weighted by molar-refractivity contribution is -0.0510. The zero-order valence-electron chi connectivity index (χ0n) is 15.7. The molecule has 0 aromatic rings. The Morgan fingerprint density at radius 2 is 1.96 bits per heavy atom. The van der Waals surface area contributed by atoms with Gasteiger partial charge in [-0.2, -0.15) is 0 Å². The molecule has 0 radical (unpaired) electrons. The van der Waals surface area contributed by atoms with Crippen LogP contribution in [0.2, 0.25) is 0 Å². The second-order valence-corrected chi connectivity index (χ2v) is 8.77. The van der Waals surface area contributed by atoms with Gasteiger partial charge in [0.15, 0.2) is 6.29 Å². The molecule has 0 heterocycles. The van der Waals surface area contributed by atoms with E-state index in [4.69, 9.17) is 10.2 Å². The minimum atomic E-state index is -1.19. The van der Waals surface area contributed by atoms with Gasteiger partial charge in [0.1, 0.15) is 0 Å². The zero-order valence-corrected chi connectivity index (χ0v) is 15.7. The van der Waals surface area contributed by atoms with Crippen molar-refractivity contribution in [1.82, 2.24) is 0 Å². The Hall–Kier alpha value is -0.600. The Morgan fingerprint density at radius 3 is 2.57 bits per heavy atom. The van der Waals surface area contributed by atoms with E-state index in [9.17, 15) is 0 Å². The molecule has 132 valence electrons. The van der Waals surface area contributed by atoms with Crippen LogP contribution in [0, 0.1) is 29.1 Å². The summed E-state index contributed by atoms with van der Waals surface area (Å²) in [7, 11) is 0. The quantitative estimate of drug-likeness (QED) is 0.508. The van der Waals surface area contributed by atoms with Crippen molar-refractivity contribution in [1.29, 1.82) is 0 Å². The van der Waals surface area contributed by atoms with Crippen LogP contribution in [-0.4, -0.2) is 16.5 Å². The molecule has 23 heavy (non-hydrogen) atoms. The SMILES string of the molecule is CC1=C(C2CC2[C@@H](C)C/C=C/C(C)CC(O)O)C(C)(C)CCC1. The number of hydrogen-bond acceptors (Lipinski definition) is 2. The van der Waals surface area contributed by atoms with Crippen molar-refractivity contribution in [2.75, 3.05) is 0 Å². The normalized spacial score (nSPS) is 30.1. The highest BCUT2D eigenvalue weighted by Crippen LogP contribution is 2.58. The molecule has 3 unspecified atom stereocenters. The largest absolute Gasteiger partial charge is 0.368 e. The summed E-state index contributed by atoms with van der Waals surface area (Å²) in [6.07, 6.45) is 10.1. The molecule has 0 aromatic heterocycles. The van der Waals surface area contributed by atoms with Gasteiger partial charge in [-0.05, 0) is 68.1 Å². The lowest BCUT2D eigenvalue weighted by Gasteiger charge is -2.35. The van der Waals surface area contributed by atoms with Crippen molar-refractivity contribution in [2.24, 2.45) is 29.1 Å². The van der Waals surface area contributed by atoms with Gasteiger partial charge in [0.25, 0.3) is 0 Å². The summed E-state index contributed by atoms with van der Waals surface area (Å²) in [5, 5.41) is 18.0. The van der Waals surface area contributed by atoms with E-state index in [1.165, 1.54) is 25.7 Å². The predicted octanol–water partition coefficient (Wildman–Crippen LogP) is 5.07. The van der Waals surface area contributed by atoms with Crippen LogP contribution in [-0.2, 0) is 0 Å². The Kier molecular flexibility index (Phi) is 6.13. The van der Waals surface area contributed by atoms with Crippen LogP contribution in [0.4, 0.5) is 0 Å². The summed E-state index contributed by atoms with van der Waals surface area (Å²) in [6.45, 7) is 11.7. The molecule has 2 aliphatic carbocycles. The van der Waals surface area contributed by atoms with Gasteiger partial charge >= 0.3 is 0 Å². The summed E-state index contributed by atoms with van der Waals surface area (Å²) in [5.74, 6) is 2.63. The third-order valence-electron chi connectivity index (χ3n) is 6.04. The Balaban J connectivity index is 1.87. The fraction of sp³-hybridized carbons (Fsp3) is 0.810. The van der Waals surface area contributed by atoms with E-state index in [0.29, 0.717) is 11.8 Å². The molecular formula is C21H36O2. The van der Waals surface area contributed by atoms with E-state index >= 15 is 0 Å². The lowest BCUT2D eigenvalue weighted by Crippen LogP contribution is -2.22. The number of aliphatic hydroxyl groups is 2. The van der Waals surface area contributed by atoms with Crippen molar-refractivity contribution in [3.8, 4) is 0 Å². The highest BCUT2D eigenvalue weighted by Gasteiger charge is 2.47. The first-order valence-corrected chi connectivity index (χ1v) is 9.45. The van der Waals surface area contributed by atoms with Crippen LogP contribution in [0.5, 0.6) is 0 Å². The molecule has 0 saturated heterocycles. The average Bonchev–Trinajstić information content (AvgIpc) is 3.16. The molecule has 0 aliphatic heterocycles. The minimum absolute atomic E-state index is 0.236. The summed E-state index contributed by atoms with van der Waals surface area (Å²) >= 11 is 0. The maximum Gasteiger partial charge on any atom is 0.151 e. The average molecular weight is 321 g/mol. The highest BCUT2D eigenvalue weighted by atomic mass is 16.5. The topological polar surface area (TPSA) is 40.5 Å². The first-order valence-electron chi connectivity index (χ1n) is 9.45. The van der Waals surface area contributed by atoms with Gasteiger partial charge in [-0.1, -0.05) is 51.0 Å². The first-order chi connectivity index (χ1) is 10.7. The van der Waals surface area contributed by atoms with E-state index in [0.717, 1.165) is 24.2 Å². The Labute approximate surface area is 142 Å². The molecule has 1 saturated carbocycles. The van der Waals surface area contributed by atoms with Gasteiger partial charge in [0.2, 0.25) is 0 Å². The monoisotopic (exact) mass is 320 g/mol. The van der Waals surface area contributed by atoms with Crippen LogP contribution in [0.25, 0.3) is 0 Å². The van der Waals surface area contributed by atoms with E-state index in [-0.39, 0.29) is 5.92 Å². The molecule has 1 fully saturated rings. The highest BCUT2D eigenvalue weighted by molar-refractivity contribution is 5.30. The first kappa shape index (κ1) is 18.7. The molecule has 0 spiro atoms. The molecule has 2 heteroatoms. The number of hydrogen-bond donors (Lipinski definition) is 2. The smallest absolute Gasteiger partial charge is 0.151 e. The van der Waals surface area contributed by atoms with E-state index in [2.05, 4.69) is 39.8 Å². The predicted molar refractivity (Wildman–Crippen MR) is 96.9 cm³/mol. The lowest BCUT2D eigenvalue weighted by atomic mass is 9.70. The molecule has 0 bridgehead atoms. The van der Waals surface area contributed by atoms with Crippen molar-refractivity contribution in [3.05, 3.63) is 23.3 Å². The molecule has 2 N–H and O–H groups in total. The zero-order chi connectivity index (χ0) is 17.2. The third kappa shape index (κ3) is 4.93. The van der Waals surface area contributed by atoms with Crippen molar-refractivity contribution in [3.63, 3.8) is 0 Å². The van der Waals surface area contributed by atoms with Crippen LogP contribution in [0.1, 0.15) is 73.1 Å². The molecule has 0 amide bonds. The van der Waals surface area contributed by atoms with Crippen LogP contribution >= 0.6 is 0 Å². The summed E-state index contributed by atoms with van der Waals surface area (Å²) in [4.78, 5) is 0. The molecule has 2 rings (SSSR count). The number of aliphatic hydroxyl groups excluding tert-OH is 1. The standard InChI is InChI=1S/C21H36O2/c1-14(12-19(22)23)8-6-9-15(2)17-13-18(17)20-16(3)10-7-11-21(20,4)5/h6,8,14-15,17-19,22-23H,7,9-13H2,1-5H3/b8-6+/t14?,15-,17?,18?/m0/s1.